The number of amides is 1. The summed E-state index contributed by atoms with van der Waals surface area (Å²) in [6.07, 6.45) is 4.04. The average Bonchev–Trinajstić information content (AvgIpc) is 2.65. The molecule has 0 bridgehead atoms. The molecular weight excluding hydrogens is 340 g/mol. The van der Waals surface area contributed by atoms with Crippen LogP contribution in [0, 0.1) is 23.7 Å². The highest BCUT2D eigenvalue weighted by Gasteiger charge is 2.35. The molecule has 0 saturated heterocycles. The fourth-order valence-electron chi connectivity index (χ4n) is 4.05. The molecule has 0 aliphatic heterocycles. The molecule has 1 unspecified atom stereocenters. The molecule has 1 saturated carbocycles. The van der Waals surface area contributed by atoms with Gasteiger partial charge >= 0.3 is 5.97 Å². The SMILES string of the molecule is CC1CC[C@@H](C(C)C)[C@H](C(=O)NCCc2cccc(C(=O)OCCN)c2)C1. The summed E-state index contributed by atoms with van der Waals surface area (Å²) in [7, 11) is 0. The largest absolute Gasteiger partial charge is 0.461 e. The van der Waals surface area contributed by atoms with Crippen LogP contribution in [-0.2, 0) is 16.0 Å². The predicted octanol–water partition coefficient (Wildman–Crippen LogP) is 3.17. The molecule has 1 aromatic carbocycles. The van der Waals surface area contributed by atoms with E-state index in [0.29, 0.717) is 42.8 Å². The third-order valence-electron chi connectivity index (χ3n) is 5.59. The van der Waals surface area contributed by atoms with E-state index in [9.17, 15) is 9.59 Å². The van der Waals surface area contributed by atoms with Crippen molar-refractivity contribution in [2.24, 2.45) is 29.4 Å². The van der Waals surface area contributed by atoms with Gasteiger partial charge in [0.2, 0.25) is 5.91 Å². The number of hydrogen-bond donors (Lipinski definition) is 2. The van der Waals surface area contributed by atoms with Gasteiger partial charge in [0.1, 0.15) is 6.61 Å². The minimum atomic E-state index is -0.359. The van der Waals surface area contributed by atoms with Crippen LogP contribution in [0.3, 0.4) is 0 Å². The quantitative estimate of drug-likeness (QED) is 0.685. The normalized spacial score (nSPS) is 22.5. The van der Waals surface area contributed by atoms with Crippen LogP contribution in [0.5, 0.6) is 0 Å². The number of benzene rings is 1. The highest BCUT2D eigenvalue weighted by Crippen LogP contribution is 2.38. The van der Waals surface area contributed by atoms with Crippen molar-refractivity contribution in [1.82, 2.24) is 5.32 Å². The second-order valence-electron chi connectivity index (χ2n) is 8.10. The van der Waals surface area contributed by atoms with E-state index < -0.39 is 0 Å². The Hall–Kier alpha value is -1.88. The molecule has 1 aliphatic carbocycles. The molecule has 5 nitrogen and oxygen atoms in total. The molecule has 27 heavy (non-hydrogen) atoms. The summed E-state index contributed by atoms with van der Waals surface area (Å²) in [4.78, 5) is 24.7. The van der Waals surface area contributed by atoms with Crippen LogP contribution in [0.1, 0.15) is 56.0 Å². The number of ether oxygens (including phenoxy) is 1. The summed E-state index contributed by atoms with van der Waals surface area (Å²) in [5.41, 5.74) is 6.89. The molecule has 1 aromatic rings. The van der Waals surface area contributed by atoms with E-state index in [0.717, 1.165) is 18.4 Å². The van der Waals surface area contributed by atoms with Crippen molar-refractivity contribution in [2.45, 2.75) is 46.5 Å². The maximum absolute atomic E-state index is 12.7. The molecule has 0 radical (unpaired) electrons. The van der Waals surface area contributed by atoms with Gasteiger partial charge in [-0.15, -0.1) is 0 Å². The Morgan fingerprint density at radius 1 is 1.30 bits per heavy atom. The molecule has 0 heterocycles. The molecule has 1 amide bonds. The zero-order chi connectivity index (χ0) is 19.8. The number of carbonyl (C=O) groups is 2. The van der Waals surface area contributed by atoms with Crippen LogP contribution in [0.2, 0.25) is 0 Å². The number of nitrogens with one attached hydrogen (secondary N) is 1. The lowest BCUT2D eigenvalue weighted by Gasteiger charge is -2.36. The number of nitrogens with two attached hydrogens (primary N) is 1. The van der Waals surface area contributed by atoms with Crippen molar-refractivity contribution < 1.29 is 14.3 Å². The molecule has 1 fully saturated rings. The molecular formula is C22H34N2O3. The highest BCUT2D eigenvalue weighted by molar-refractivity contribution is 5.89. The fourth-order valence-corrected chi connectivity index (χ4v) is 4.05. The lowest BCUT2D eigenvalue weighted by Crippen LogP contribution is -2.40. The minimum absolute atomic E-state index is 0.117. The van der Waals surface area contributed by atoms with E-state index in [4.69, 9.17) is 10.5 Å². The Kier molecular flexibility index (Phi) is 8.29. The monoisotopic (exact) mass is 374 g/mol. The van der Waals surface area contributed by atoms with Gasteiger partial charge in [0, 0.05) is 19.0 Å². The Bertz CT molecular complexity index is 630. The Balaban J connectivity index is 1.88. The zero-order valence-corrected chi connectivity index (χ0v) is 16.9. The number of rotatable bonds is 8. The third kappa shape index (κ3) is 6.35. The van der Waals surface area contributed by atoms with Gasteiger partial charge in [-0.25, -0.2) is 4.79 Å². The average molecular weight is 375 g/mol. The van der Waals surface area contributed by atoms with Crippen LogP contribution in [0.15, 0.2) is 24.3 Å². The van der Waals surface area contributed by atoms with E-state index in [1.54, 1.807) is 6.07 Å². The zero-order valence-electron chi connectivity index (χ0n) is 16.9. The third-order valence-corrected chi connectivity index (χ3v) is 5.59. The van der Waals surface area contributed by atoms with Gasteiger partial charge in [-0.05, 0) is 54.7 Å². The van der Waals surface area contributed by atoms with E-state index in [2.05, 4.69) is 26.1 Å². The summed E-state index contributed by atoms with van der Waals surface area (Å²) in [6.45, 7) is 7.79. The minimum Gasteiger partial charge on any atom is -0.461 e. The number of carbonyl (C=O) groups excluding carboxylic acids is 2. The van der Waals surface area contributed by atoms with E-state index in [1.807, 2.05) is 18.2 Å². The van der Waals surface area contributed by atoms with Crippen LogP contribution in [0.4, 0.5) is 0 Å². The van der Waals surface area contributed by atoms with Gasteiger partial charge in [-0.2, -0.15) is 0 Å². The maximum Gasteiger partial charge on any atom is 0.338 e. The molecule has 5 heteroatoms. The van der Waals surface area contributed by atoms with E-state index in [1.165, 1.54) is 6.42 Å². The first-order valence-corrected chi connectivity index (χ1v) is 10.2. The van der Waals surface area contributed by atoms with Crippen molar-refractivity contribution in [3.63, 3.8) is 0 Å². The van der Waals surface area contributed by atoms with Crippen LogP contribution in [0.25, 0.3) is 0 Å². The molecule has 3 N–H and O–H groups in total. The molecule has 3 atom stereocenters. The summed E-state index contributed by atoms with van der Waals surface area (Å²) in [5, 5.41) is 3.12. The van der Waals surface area contributed by atoms with Gasteiger partial charge in [0.25, 0.3) is 0 Å². The van der Waals surface area contributed by atoms with Crippen molar-refractivity contribution in [2.75, 3.05) is 19.7 Å². The topological polar surface area (TPSA) is 81.4 Å². The highest BCUT2D eigenvalue weighted by atomic mass is 16.5. The first-order chi connectivity index (χ1) is 12.9. The Morgan fingerprint density at radius 2 is 2.07 bits per heavy atom. The Labute approximate surface area is 163 Å². The maximum atomic E-state index is 12.7. The standard InChI is InChI=1S/C22H34N2O3/c1-15(2)19-8-7-16(3)13-20(19)21(25)24-11-9-17-5-4-6-18(14-17)22(26)27-12-10-23/h4-6,14-16,19-20H,7-13,23H2,1-3H3,(H,24,25)/t16?,19-,20+/m0/s1. The van der Waals surface area contributed by atoms with Crippen molar-refractivity contribution in [3.05, 3.63) is 35.4 Å². The molecule has 2 rings (SSSR count). The van der Waals surface area contributed by atoms with E-state index in [-0.39, 0.29) is 24.4 Å². The van der Waals surface area contributed by atoms with Gasteiger partial charge in [-0.1, -0.05) is 39.3 Å². The van der Waals surface area contributed by atoms with Gasteiger partial charge < -0.3 is 15.8 Å². The molecule has 0 aromatic heterocycles. The number of hydrogen-bond acceptors (Lipinski definition) is 4. The van der Waals surface area contributed by atoms with Crippen LogP contribution >= 0.6 is 0 Å². The van der Waals surface area contributed by atoms with Crippen LogP contribution in [-0.4, -0.2) is 31.6 Å². The lowest BCUT2D eigenvalue weighted by atomic mass is 9.70. The van der Waals surface area contributed by atoms with Gasteiger partial charge in [0.05, 0.1) is 5.56 Å². The fraction of sp³-hybridized carbons (Fsp3) is 0.636. The van der Waals surface area contributed by atoms with Crippen molar-refractivity contribution >= 4 is 11.9 Å². The predicted molar refractivity (Wildman–Crippen MR) is 107 cm³/mol. The van der Waals surface area contributed by atoms with Crippen molar-refractivity contribution in [3.8, 4) is 0 Å². The van der Waals surface area contributed by atoms with E-state index >= 15 is 0 Å². The summed E-state index contributed by atoms with van der Waals surface area (Å²) >= 11 is 0. The smallest absolute Gasteiger partial charge is 0.338 e. The molecule has 0 spiro atoms. The lowest BCUT2D eigenvalue weighted by molar-refractivity contribution is -0.129. The second kappa shape index (κ2) is 10.5. The van der Waals surface area contributed by atoms with Gasteiger partial charge in [-0.3, -0.25) is 4.79 Å². The van der Waals surface area contributed by atoms with Crippen molar-refractivity contribution in [1.29, 1.82) is 0 Å². The summed E-state index contributed by atoms with van der Waals surface area (Å²) in [5.74, 6) is 1.56. The second-order valence-corrected chi connectivity index (χ2v) is 8.10. The van der Waals surface area contributed by atoms with Crippen LogP contribution < -0.4 is 11.1 Å². The first kappa shape index (κ1) is 21.4. The summed E-state index contributed by atoms with van der Waals surface area (Å²) < 4.78 is 5.06. The first-order valence-electron chi connectivity index (χ1n) is 10.2. The molecule has 150 valence electrons. The summed E-state index contributed by atoms with van der Waals surface area (Å²) in [6, 6.07) is 7.36. The Morgan fingerprint density at radius 3 is 2.78 bits per heavy atom. The number of esters is 1. The molecule has 1 aliphatic rings. The van der Waals surface area contributed by atoms with Gasteiger partial charge in [0.15, 0.2) is 0 Å².